The smallest absolute Gasteiger partial charge is 0.225 e. The van der Waals surface area contributed by atoms with Crippen molar-refractivity contribution in [2.75, 3.05) is 31.1 Å². The third-order valence-corrected chi connectivity index (χ3v) is 6.25. The van der Waals surface area contributed by atoms with E-state index in [1.165, 1.54) is 25.7 Å². The summed E-state index contributed by atoms with van der Waals surface area (Å²) >= 11 is 3.36. The van der Waals surface area contributed by atoms with Gasteiger partial charge in [-0.2, -0.15) is 0 Å². The van der Waals surface area contributed by atoms with Crippen LogP contribution in [0.15, 0.2) is 16.9 Å². The van der Waals surface area contributed by atoms with E-state index in [4.69, 9.17) is 0 Å². The van der Waals surface area contributed by atoms with Gasteiger partial charge in [0.25, 0.3) is 0 Å². The minimum absolute atomic E-state index is 0.360. The molecule has 1 aromatic heterocycles. The van der Waals surface area contributed by atoms with E-state index >= 15 is 0 Å². The monoisotopic (exact) mass is 378 g/mol. The second-order valence-corrected chi connectivity index (χ2v) is 8.12. The van der Waals surface area contributed by atoms with E-state index in [0.717, 1.165) is 54.9 Å². The second-order valence-electron chi connectivity index (χ2n) is 7.21. The van der Waals surface area contributed by atoms with E-state index in [2.05, 4.69) is 30.8 Å². The van der Waals surface area contributed by atoms with Crippen molar-refractivity contribution in [2.45, 2.75) is 32.1 Å². The summed E-state index contributed by atoms with van der Waals surface area (Å²) in [5, 5.41) is 0. The van der Waals surface area contributed by atoms with E-state index in [1.54, 1.807) is 12.4 Å². The maximum atomic E-state index is 12.6. The third kappa shape index (κ3) is 3.23. The number of carbonyl (C=O) groups excluding carboxylic acids is 1. The van der Waals surface area contributed by atoms with Crippen molar-refractivity contribution in [3.8, 4) is 0 Å². The number of hydrogen-bond donors (Lipinski definition) is 0. The number of anilines is 1. The number of hydrogen-bond acceptors (Lipinski definition) is 4. The highest BCUT2D eigenvalue weighted by molar-refractivity contribution is 9.10. The van der Waals surface area contributed by atoms with Crippen molar-refractivity contribution in [2.24, 2.45) is 17.8 Å². The fraction of sp³-hybridized carbons (Fsp3) is 0.706. The fourth-order valence-corrected chi connectivity index (χ4v) is 4.81. The molecule has 3 atom stereocenters. The molecule has 2 bridgehead atoms. The number of rotatable bonds is 3. The Bertz CT molecular complexity index is 570. The van der Waals surface area contributed by atoms with Crippen LogP contribution < -0.4 is 4.90 Å². The summed E-state index contributed by atoms with van der Waals surface area (Å²) in [5.41, 5.74) is 0. The SMILES string of the molecule is O=C(CC1CC2CCC1C2)N1CCN(c2ncc(Br)cn2)CC1. The molecule has 0 radical (unpaired) electrons. The van der Waals surface area contributed by atoms with Gasteiger partial charge in [0.05, 0.1) is 4.47 Å². The standard InChI is InChI=1S/C17H23BrN4O/c18-15-10-19-17(20-11-15)22-5-3-21(4-6-22)16(23)9-14-8-12-1-2-13(14)7-12/h10-14H,1-9H2. The quantitative estimate of drug-likeness (QED) is 0.811. The average molecular weight is 379 g/mol. The zero-order valence-electron chi connectivity index (χ0n) is 13.3. The molecule has 124 valence electrons. The lowest BCUT2D eigenvalue weighted by molar-refractivity contribution is -0.132. The van der Waals surface area contributed by atoms with Crippen LogP contribution >= 0.6 is 15.9 Å². The molecule has 5 nitrogen and oxygen atoms in total. The molecule has 1 aliphatic heterocycles. The molecule has 4 rings (SSSR count). The zero-order chi connectivity index (χ0) is 15.8. The molecule has 2 heterocycles. The Balaban J connectivity index is 1.29. The van der Waals surface area contributed by atoms with E-state index in [9.17, 15) is 4.79 Å². The van der Waals surface area contributed by atoms with Crippen LogP contribution in [-0.4, -0.2) is 47.0 Å². The van der Waals surface area contributed by atoms with Crippen molar-refractivity contribution in [1.29, 1.82) is 0 Å². The fourth-order valence-electron chi connectivity index (χ4n) is 4.60. The van der Waals surface area contributed by atoms with Crippen molar-refractivity contribution in [3.05, 3.63) is 16.9 Å². The number of amides is 1. The summed E-state index contributed by atoms with van der Waals surface area (Å²) in [7, 11) is 0. The van der Waals surface area contributed by atoms with Gasteiger partial charge in [0, 0.05) is 45.0 Å². The van der Waals surface area contributed by atoms with E-state index in [0.29, 0.717) is 11.8 Å². The Hall–Kier alpha value is -1.17. The first kappa shape index (κ1) is 15.4. The van der Waals surface area contributed by atoms with E-state index in [1.807, 2.05) is 4.90 Å². The third-order valence-electron chi connectivity index (χ3n) is 5.84. The molecule has 0 spiro atoms. The zero-order valence-corrected chi connectivity index (χ0v) is 14.9. The average Bonchev–Trinajstić information content (AvgIpc) is 3.18. The highest BCUT2D eigenvalue weighted by Gasteiger charge is 2.40. The van der Waals surface area contributed by atoms with Crippen LogP contribution in [0.1, 0.15) is 32.1 Å². The number of fused-ring (bicyclic) bond motifs is 2. The number of halogens is 1. The summed E-state index contributed by atoms with van der Waals surface area (Å²) < 4.78 is 0.890. The highest BCUT2D eigenvalue weighted by Crippen LogP contribution is 2.49. The molecule has 2 saturated carbocycles. The van der Waals surface area contributed by atoms with Crippen LogP contribution in [0.3, 0.4) is 0 Å². The van der Waals surface area contributed by atoms with Crippen LogP contribution in [0, 0.1) is 17.8 Å². The van der Waals surface area contributed by atoms with Crippen molar-refractivity contribution >= 4 is 27.8 Å². The van der Waals surface area contributed by atoms with Gasteiger partial charge in [-0.15, -0.1) is 0 Å². The molecule has 0 aromatic carbocycles. The largest absolute Gasteiger partial charge is 0.339 e. The molecule has 3 unspecified atom stereocenters. The maximum Gasteiger partial charge on any atom is 0.225 e. The molecule has 2 aliphatic carbocycles. The summed E-state index contributed by atoms with van der Waals surface area (Å²) in [5.74, 6) is 3.53. The van der Waals surface area contributed by atoms with Crippen LogP contribution in [0.2, 0.25) is 0 Å². The molecule has 1 saturated heterocycles. The van der Waals surface area contributed by atoms with Gasteiger partial charge in [-0.1, -0.05) is 6.42 Å². The highest BCUT2D eigenvalue weighted by atomic mass is 79.9. The van der Waals surface area contributed by atoms with Gasteiger partial charge in [-0.3, -0.25) is 4.79 Å². The summed E-state index contributed by atoms with van der Waals surface area (Å²) in [6.07, 6.45) is 9.76. The number of nitrogens with zero attached hydrogens (tertiary/aromatic N) is 4. The Morgan fingerprint density at radius 3 is 2.48 bits per heavy atom. The van der Waals surface area contributed by atoms with Gasteiger partial charge in [-0.05, 0) is 52.9 Å². The molecule has 3 fully saturated rings. The Morgan fingerprint density at radius 2 is 1.87 bits per heavy atom. The van der Waals surface area contributed by atoms with Crippen LogP contribution in [-0.2, 0) is 4.79 Å². The topological polar surface area (TPSA) is 49.3 Å². The lowest BCUT2D eigenvalue weighted by Gasteiger charge is -2.35. The predicted octanol–water partition coefficient (Wildman–Crippen LogP) is 2.71. The normalized spacial score (nSPS) is 30.0. The van der Waals surface area contributed by atoms with E-state index in [-0.39, 0.29) is 0 Å². The lowest BCUT2D eigenvalue weighted by atomic mass is 9.86. The summed E-state index contributed by atoms with van der Waals surface area (Å²) in [4.78, 5) is 25.5. The van der Waals surface area contributed by atoms with Crippen LogP contribution in [0.4, 0.5) is 5.95 Å². The maximum absolute atomic E-state index is 12.6. The number of piperazine rings is 1. The van der Waals surface area contributed by atoms with Gasteiger partial charge >= 0.3 is 0 Å². The molecule has 6 heteroatoms. The minimum Gasteiger partial charge on any atom is -0.339 e. The van der Waals surface area contributed by atoms with Gasteiger partial charge < -0.3 is 9.80 Å². The van der Waals surface area contributed by atoms with Gasteiger partial charge in [0.15, 0.2) is 0 Å². The van der Waals surface area contributed by atoms with E-state index < -0.39 is 0 Å². The Labute approximate surface area is 145 Å². The predicted molar refractivity (Wildman–Crippen MR) is 92.1 cm³/mol. The van der Waals surface area contributed by atoms with Gasteiger partial charge in [0.2, 0.25) is 11.9 Å². The summed E-state index contributed by atoms with van der Waals surface area (Å²) in [6, 6.07) is 0. The Morgan fingerprint density at radius 1 is 1.13 bits per heavy atom. The Kier molecular flexibility index (Phi) is 4.26. The lowest BCUT2D eigenvalue weighted by Crippen LogP contribution is -2.49. The van der Waals surface area contributed by atoms with Crippen LogP contribution in [0.5, 0.6) is 0 Å². The molecule has 1 amide bonds. The van der Waals surface area contributed by atoms with Crippen molar-refractivity contribution < 1.29 is 4.79 Å². The summed E-state index contributed by atoms with van der Waals surface area (Å²) in [6.45, 7) is 3.23. The molecule has 1 aromatic rings. The first-order chi connectivity index (χ1) is 11.2. The van der Waals surface area contributed by atoms with Crippen molar-refractivity contribution in [1.82, 2.24) is 14.9 Å². The molecule has 0 N–H and O–H groups in total. The number of carbonyl (C=O) groups is 1. The van der Waals surface area contributed by atoms with Gasteiger partial charge in [-0.25, -0.2) is 9.97 Å². The number of aromatic nitrogens is 2. The van der Waals surface area contributed by atoms with Crippen molar-refractivity contribution in [3.63, 3.8) is 0 Å². The molecular weight excluding hydrogens is 356 g/mol. The van der Waals surface area contributed by atoms with Gasteiger partial charge in [0.1, 0.15) is 0 Å². The first-order valence-electron chi connectivity index (χ1n) is 8.69. The molecule has 23 heavy (non-hydrogen) atoms. The molecule has 3 aliphatic rings. The molecular formula is C17H23BrN4O. The van der Waals surface area contributed by atoms with Crippen LogP contribution in [0.25, 0.3) is 0 Å². The minimum atomic E-state index is 0.360. The second kappa shape index (κ2) is 6.38. The first-order valence-corrected chi connectivity index (χ1v) is 9.48.